The molecule has 1 radical (unpaired) electrons. The maximum absolute atomic E-state index is 2.27. The summed E-state index contributed by atoms with van der Waals surface area (Å²) in [5.41, 5.74) is 0. The Morgan fingerprint density at radius 1 is 1.33 bits per heavy atom. The van der Waals surface area contributed by atoms with Gasteiger partial charge in [0.25, 0.3) is 0 Å². The predicted molar refractivity (Wildman–Crippen MR) is 39.5 cm³/mol. The lowest BCUT2D eigenvalue weighted by Gasteiger charge is -2.09. The van der Waals surface area contributed by atoms with Crippen molar-refractivity contribution in [3.8, 4) is 0 Å². The maximum atomic E-state index is 2.27. The Hall–Kier alpha value is 0.795. The van der Waals surface area contributed by atoms with Crippen molar-refractivity contribution in [2.75, 3.05) is 0 Å². The van der Waals surface area contributed by atoms with Gasteiger partial charge in [0.05, 0.1) is 0 Å². The summed E-state index contributed by atoms with van der Waals surface area (Å²) < 4.78 is 0. The van der Waals surface area contributed by atoms with Crippen molar-refractivity contribution in [3.05, 3.63) is 0 Å². The quantitative estimate of drug-likeness (QED) is 0.410. The molecule has 0 aromatic heterocycles. The Morgan fingerprint density at radius 3 is 1.50 bits per heavy atom. The Bertz CT molecular complexity index is 37.3. The molecule has 0 saturated heterocycles. The first-order chi connectivity index (χ1) is 2.56. The second-order valence-electron chi connectivity index (χ2n) is 2.48. The largest absolute Gasteiger partial charge is 0.206 e. The van der Waals surface area contributed by atoms with E-state index < -0.39 is 0 Å². The van der Waals surface area contributed by atoms with Crippen molar-refractivity contribution in [2.45, 2.75) is 26.1 Å². The lowest BCUT2D eigenvalue weighted by Crippen LogP contribution is -1.99. The first-order valence-corrected chi connectivity index (χ1v) is 3.25. The maximum Gasteiger partial charge on any atom is 0.206 e. The standard InChI is InChI=1S/C4H9BI/c1-4(2,3)5-6/h1-3H3. The minimum absolute atomic E-state index is 0.403. The van der Waals surface area contributed by atoms with Gasteiger partial charge in [0.15, 0.2) is 0 Å². The van der Waals surface area contributed by atoms with Gasteiger partial charge >= 0.3 is 0 Å². The normalized spacial score (nSPS) is 11.3. The van der Waals surface area contributed by atoms with Crippen molar-refractivity contribution in [2.24, 2.45) is 0 Å². The van der Waals surface area contributed by atoms with Gasteiger partial charge in [0, 0.05) is 0 Å². The third-order valence-corrected chi connectivity index (χ3v) is 2.20. The zero-order valence-corrected chi connectivity index (χ0v) is 6.61. The predicted octanol–water partition coefficient (Wildman–Crippen LogP) is 2.26. The van der Waals surface area contributed by atoms with Crippen LogP contribution in [0, 0.1) is 0 Å². The summed E-state index contributed by atoms with van der Waals surface area (Å²) in [7, 11) is 0. The molecule has 0 aromatic carbocycles. The Kier molecular flexibility index (Phi) is 2.48. The molecule has 0 aliphatic heterocycles. The fourth-order valence-corrected chi connectivity index (χ4v) is 0. The summed E-state index contributed by atoms with van der Waals surface area (Å²) in [5, 5.41) is 2.56. The highest BCUT2D eigenvalue weighted by atomic mass is 127. The van der Waals surface area contributed by atoms with E-state index in [0.717, 1.165) is 0 Å². The van der Waals surface area contributed by atoms with E-state index in [4.69, 9.17) is 0 Å². The number of hydrogen-bond donors (Lipinski definition) is 0. The molecule has 0 aliphatic carbocycles. The Balaban J connectivity index is 3.17. The Labute approximate surface area is 53.8 Å². The van der Waals surface area contributed by atoms with Crippen LogP contribution in [0.1, 0.15) is 20.8 Å². The van der Waals surface area contributed by atoms with Crippen LogP contribution >= 0.6 is 22.4 Å². The first-order valence-electron chi connectivity index (χ1n) is 2.01. The number of hydrogen-bond acceptors (Lipinski definition) is 0. The van der Waals surface area contributed by atoms with Crippen LogP contribution in [0.5, 0.6) is 0 Å². The molecule has 0 unspecified atom stereocenters. The minimum atomic E-state index is 0.403. The fraction of sp³-hybridized carbons (Fsp3) is 1.00. The molecular formula is C4H9BI. The van der Waals surface area contributed by atoms with Crippen LogP contribution in [0.4, 0.5) is 0 Å². The van der Waals surface area contributed by atoms with Gasteiger partial charge < -0.3 is 0 Å². The summed E-state index contributed by atoms with van der Waals surface area (Å²) in [5.74, 6) is 0. The molecule has 6 heavy (non-hydrogen) atoms. The van der Waals surface area contributed by atoms with E-state index in [-0.39, 0.29) is 0 Å². The van der Waals surface area contributed by atoms with E-state index in [9.17, 15) is 0 Å². The summed E-state index contributed by atoms with van der Waals surface area (Å²) in [4.78, 5) is 0. The van der Waals surface area contributed by atoms with Crippen LogP contribution in [0.3, 0.4) is 0 Å². The second kappa shape index (κ2) is 2.19. The Morgan fingerprint density at radius 2 is 1.50 bits per heavy atom. The molecule has 0 aromatic rings. The van der Waals surface area contributed by atoms with Crippen molar-refractivity contribution in [3.63, 3.8) is 0 Å². The van der Waals surface area contributed by atoms with E-state index in [1.54, 1.807) is 0 Å². The molecule has 0 saturated carbocycles. The van der Waals surface area contributed by atoms with Gasteiger partial charge in [0.1, 0.15) is 0 Å². The molecule has 0 nitrogen and oxygen atoms in total. The number of halogens is 1. The molecule has 35 valence electrons. The summed E-state index contributed by atoms with van der Waals surface area (Å²) >= 11 is 2.27. The van der Waals surface area contributed by atoms with Crippen molar-refractivity contribution < 1.29 is 0 Å². The molecule has 2 heteroatoms. The molecule has 0 atom stereocenters. The summed E-state index contributed by atoms with van der Waals surface area (Å²) in [6.45, 7) is 6.54. The van der Waals surface area contributed by atoms with Crippen LogP contribution in [0.25, 0.3) is 0 Å². The van der Waals surface area contributed by atoms with Gasteiger partial charge in [-0.2, -0.15) is 22.4 Å². The lowest BCUT2D eigenvalue weighted by molar-refractivity contribution is 0.766. The van der Waals surface area contributed by atoms with Crippen LogP contribution in [-0.4, -0.2) is 5.14 Å². The molecule has 0 heterocycles. The minimum Gasteiger partial charge on any atom is -0.158 e. The average molecular weight is 195 g/mol. The molecule has 0 amide bonds. The van der Waals surface area contributed by atoms with E-state index >= 15 is 0 Å². The highest BCUT2D eigenvalue weighted by Crippen LogP contribution is 2.21. The van der Waals surface area contributed by atoms with Crippen molar-refractivity contribution in [1.82, 2.24) is 0 Å². The zero-order chi connectivity index (χ0) is 5.21. The third-order valence-electron chi connectivity index (χ3n) is 0.327. The summed E-state index contributed by atoms with van der Waals surface area (Å²) in [6.07, 6.45) is 0. The molecule has 0 spiro atoms. The second-order valence-corrected chi connectivity index (χ2v) is 3.10. The van der Waals surface area contributed by atoms with E-state index in [1.807, 2.05) is 0 Å². The molecule has 0 rings (SSSR count). The van der Waals surface area contributed by atoms with E-state index in [2.05, 4.69) is 48.3 Å². The average Bonchev–Trinajstić information content (AvgIpc) is 1.35. The van der Waals surface area contributed by atoms with Gasteiger partial charge in [-0.15, -0.1) is 0 Å². The smallest absolute Gasteiger partial charge is 0.158 e. The van der Waals surface area contributed by atoms with Crippen LogP contribution in [-0.2, 0) is 0 Å². The molecule has 0 bridgehead atoms. The van der Waals surface area contributed by atoms with Gasteiger partial charge in [-0.3, -0.25) is 0 Å². The van der Waals surface area contributed by atoms with E-state index in [0.29, 0.717) is 5.31 Å². The van der Waals surface area contributed by atoms with E-state index in [1.165, 1.54) is 0 Å². The highest BCUT2D eigenvalue weighted by Gasteiger charge is 2.07. The summed E-state index contributed by atoms with van der Waals surface area (Å²) in [6, 6.07) is 0. The van der Waals surface area contributed by atoms with Crippen LogP contribution in [0.15, 0.2) is 0 Å². The number of rotatable bonds is 0. The van der Waals surface area contributed by atoms with Crippen LogP contribution < -0.4 is 0 Å². The monoisotopic (exact) mass is 195 g/mol. The van der Waals surface area contributed by atoms with Gasteiger partial charge in [-0.1, -0.05) is 26.1 Å². The highest BCUT2D eigenvalue weighted by molar-refractivity contribution is 14.1. The third kappa shape index (κ3) is 4.79. The SMILES string of the molecule is CC(C)(C)[B]I. The first kappa shape index (κ1) is 6.79. The van der Waals surface area contributed by atoms with Crippen molar-refractivity contribution >= 4 is 27.5 Å². The van der Waals surface area contributed by atoms with Gasteiger partial charge in [-0.05, 0) is 0 Å². The molecule has 0 N–H and O–H groups in total. The molecule has 0 fully saturated rings. The fourth-order valence-electron chi connectivity index (χ4n) is 0. The van der Waals surface area contributed by atoms with Gasteiger partial charge in [-0.25, -0.2) is 0 Å². The lowest BCUT2D eigenvalue weighted by atomic mass is 9.75. The van der Waals surface area contributed by atoms with Crippen molar-refractivity contribution in [1.29, 1.82) is 0 Å². The van der Waals surface area contributed by atoms with Gasteiger partial charge in [0.2, 0.25) is 5.14 Å². The van der Waals surface area contributed by atoms with Crippen LogP contribution in [0.2, 0.25) is 5.31 Å². The molecular weight excluding hydrogens is 186 g/mol. The molecule has 0 aliphatic rings. The topological polar surface area (TPSA) is 0 Å². The zero-order valence-electron chi connectivity index (χ0n) is 4.46.